The topological polar surface area (TPSA) is 79.6 Å². The van der Waals surface area contributed by atoms with Gasteiger partial charge >= 0.3 is 0 Å². The largest absolute Gasteiger partial charge is 0.504 e. The summed E-state index contributed by atoms with van der Waals surface area (Å²) in [5.74, 6) is 1.28. The van der Waals surface area contributed by atoms with E-state index in [2.05, 4.69) is 5.10 Å². The van der Waals surface area contributed by atoms with Crippen molar-refractivity contribution in [2.24, 2.45) is 4.99 Å². The van der Waals surface area contributed by atoms with Gasteiger partial charge in [0.15, 0.2) is 17.3 Å². The van der Waals surface area contributed by atoms with Gasteiger partial charge in [-0.3, -0.25) is 14.6 Å². The van der Waals surface area contributed by atoms with Crippen LogP contribution in [-0.4, -0.2) is 27.0 Å². The third-order valence-electron chi connectivity index (χ3n) is 5.70. The molecule has 2 aliphatic rings. The van der Waals surface area contributed by atoms with Gasteiger partial charge in [0.05, 0.1) is 29.0 Å². The third-order valence-corrected chi connectivity index (χ3v) is 6.87. The van der Waals surface area contributed by atoms with Crippen LogP contribution >= 0.6 is 11.8 Å². The van der Waals surface area contributed by atoms with Crippen molar-refractivity contribution in [2.75, 3.05) is 7.11 Å². The van der Waals surface area contributed by atoms with Gasteiger partial charge in [0.25, 0.3) is 5.56 Å². The molecule has 1 aliphatic heterocycles. The Balaban J connectivity index is 1.77. The maximum absolute atomic E-state index is 13.0. The number of aromatic hydroxyl groups is 1. The van der Waals surface area contributed by atoms with Gasteiger partial charge in [0, 0.05) is 0 Å². The summed E-state index contributed by atoms with van der Waals surface area (Å²) < 4.78 is 7.29. The number of phenolic OH excluding ortho intramolecular Hbond substituents is 1. The van der Waals surface area contributed by atoms with Crippen molar-refractivity contribution in [1.82, 2.24) is 9.78 Å². The van der Waals surface area contributed by atoms with E-state index in [4.69, 9.17) is 9.73 Å². The molecule has 0 saturated heterocycles. The molecular formula is C21H27N3O3S. The third kappa shape index (κ3) is 3.60. The van der Waals surface area contributed by atoms with E-state index in [1.165, 1.54) is 39.2 Å². The molecule has 1 saturated carbocycles. The number of nitrogens with one attached hydrogen (secondary N) is 1. The maximum Gasteiger partial charge on any atom is 0.271 e. The molecule has 1 aliphatic carbocycles. The van der Waals surface area contributed by atoms with Gasteiger partial charge < -0.3 is 9.84 Å². The summed E-state index contributed by atoms with van der Waals surface area (Å²) in [5.41, 5.74) is 1.55. The second-order valence-electron chi connectivity index (χ2n) is 7.61. The van der Waals surface area contributed by atoms with Gasteiger partial charge in [0.2, 0.25) is 0 Å². The zero-order chi connectivity index (χ0) is 19.7. The Hall–Kier alpha value is -2.15. The van der Waals surface area contributed by atoms with Gasteiger partial charge in [-0.15, -0.1) is 0 Å². The second kappa shape index (κ2) is 8.07. The molecule has 150 valence electrons. The maximum atomic E-state index is 13.0. The fourth-order valence-corrected chi connectivity index (χ4v) is 5.35. The molecule has 2 heterocycles. The molecule has 1 aromatic carbocycles. The lowest BCUT2D eigenvalue weighted by atomic mass is 9.96. The predicted octanol–water partition coefficient (Wildman–Crippen LogP) is 5.06. The Morgan fingerprint density at radius 1 is 1.21 bits per heavy atom. The van der Waals surface area contributed by atoms with Crippen LogP contribution in [0.25, 0.3) is 0 Å². The number of aromatic amines is 1. The molecule has 1 aromatic heterocycles. The van der Waals surface area contributed by atoms with Crippen molar-refractivity contribution in [3.8, 4) is 11.5 Å². The zero-order valence-corrected chi connectivity index (χ0v) is 17.2. The molecule has 0 amide bonds. The quantitative estimate of drug-likeness (QED) is 0.753. The molecule has 0 spiro atoms. The fourth-order valence-electron chi connectivity index (χ4n) is 4.26. The van der Waals surface area contributed by atoms with Gasteiger partial charge in [0.1, 0.15) is 0 Å². The molecule has 2 aromatic rings. The number of phenols is 1. The Labute approximate surface area is 169 Å². The van der Waals surface area contributed by atoms with Crippen LogP contribution in [0.15, 0.2) is 28.0 Å². The normalized spacial score (nSPS) is 20.8. The minimum atomic E-state index is -0.166. The average molecular weight is 402 g/mol. The van der Waals surface area contributed by atoms with E-state index in [1.807, 2.05) is 23.7 Å². The fraction of sp³-hybridized carbons (Fsp3) is 0.524. The first-order valence-electron chi connectivity index (χ1n) is 10.0. The van der Waals surface area contributed by atoms with Crippen molar-refractivity contribution < 1.29 is 9.84 Å². The zero-order valence-electron chi connectivity index (χ0n) is 16.4. The lowest BCUT2D eigenvalue weighted by molar-refractivity contribution is 0.349. The monoisotopic (exact) mass is 401 g/mol. The average Bonchev–Trinajstić information content (AvgIpc) is 2.97. The number of nitrogens with zero attached hydrogens (tertiary/aromatic N) is 2. The Morgan fingerprint density at radius 2 is 1.93 bits per heavy atom. The van der Waals surface area contributed by atoms with Crippen molar-refractivity contribution in [2.45, 2.75) is 63.2 Å². The molecular weight excluding hydrogens is 374 g/mol. The Kier molecular flexibility index (Phi) is 5.53. The number of ether oxygens (including phenoxy) is 1. The number of fused-ring (bicyclic) bond motifs is 1. The molecule has 28 heavy (non-hydrogen) atoms. The van der Waals surface area contributed by atoms with E-state index in [9.17, 15) is 9.90 Å². The number of hydrogen-bond acceptors (Lipinski definition) is 5. The number of H-pyrrole nitrogens is 1. The number of benzene rings is 1. The predicted molar refractivity (Wildman–Crippen MR) is 113 cm³/mol. The first-order chi connectivity index (χ1) is 13.6. The minimum Gasteiger partial charge on any atom is -0.504 e. The number of aliphatic imine (C=N–C) groups is 1. The molecule has 7 heteroatoms. The SMILES string of the molecule is COc1cc(C2SC(C)=Nc3c2c(=O)[nH]n3C2CCCCCCC2)ccc1O. The number of hydrogen-bond donors (Lipinski definition) is 2. The number of rotatable bonds is 3. The molecule has 1 unspecified atom stereocenters. The second-order valence-corrected chi connectivity index (χ2v) is 8.91. The molecule has 6 nitrogen and oxygen atoms in total. The van der Waals surface area contributed by atoms with E-state index in [-0.39, 0.29) is 16.6 Å². The highest BCUT2D eigenvalue weighted by Gasteiger charge is 2.32. The van der Waals surface area contributed by atoms with Crippen LogP contribution in [0.2, 0.25) is 0 Å². The highest BCUT2D eigenvalue weighted by molar-refractivity contribution is 8.14. The van der Waals surface area contributed by atoms with Crippen LogP contribution in [0.1, 0.15) is 74.3 Å². The lowest BCUT2D eigenvalue weighted by Crippen LogP contribution is -2.15. The van der Waals surface area contributed by atoms with Crippen LogP contribution in [0.3, 0.4) is 0 Å². The molecule has 2 N–H and O–H groups in total. The van der Waals surface area contributed by atoms with Gasteiger partial charge in [-0.05, 0) is 37.5 Å². The summed E-state index contributed by atoms with van der Waals surface area (Å²) >= 11 is 1.57. The van der Waals surface area contributed by atoms with Crippen molar-refractivity contribution in [1.29, 1.82) is 0 Å². The van der Waals surface area contributed by atoms with Crippen LogP contribution < -0.4 is 10.3 Å². The highest BCUT2D eigenvalue weighted by Crippen LogP contribution is 2.46. The van der Waals surface area contributed by atoms with Crippen molar-refractivity contribution >= 4 is 22.6 Å². The van der Waals surface area contributed by atoms with E-state index >= 15 is 0 Å². The minimum absolute atomic E-state index is 0.0714. The summed E-state index contributed by atoms with van der Waals surface area (Å²) in [6.07, 6.45) is 8.38. The smallest absolute Gasteiger partial charge is 0.271 e. The number of thioether (sulfide) groups is 1. The lowest BCUT2D eigenvalue weighted by Gasteiger charge is -2.25. The van der Waals surface area contributed by atoms with Crippen LogP contribution in [-0.2, 0) is 0 Å². The molecule has 1 fully saturated rings. The van der Waals surface area contributed by atoms with Gasteiger partial charge in [-0.25, -0.2) is 4.99 Å². The van der Waals surface area contributed by atoms with Crippen LogP contribution in [0.4, 0.5) is 5.82 Å². The summed E-state index contributed by atoms with van der Waals surface area (Å²) in [6.45, 7) is 1.98. The first kappa shape index (κ1) is 19.2. The standard InChI is InChI=1S/C21H27N3O3S/c1-13-22-20-18(19(28-13)14-10-11-16(25)17(12-14)27-2)21(26)23-24(20)15-8-6-4-3-5-7-9-15/h10-12,15,19,25H,3-9H2,1-2H3,(H,23,26). The van der Waals surface area contributed by atoms with Crippen molar-refractivity contribution in [3.05, 3.63) is 39.7 Å². The highest BCUT2D eigenvalue weighted by atomic mass is 32.2. The summed E-state index contributed by atoms with van der Waals surface area (Å²) in [5, 5.41) is 13.8. The number of aromatic nitrogens is 2. The van der Waals surface area contributed by atoms with Crippen LogP contribution in [0, 0.1) is 0 Å². The Bertz CT molecular complexity index is 939. The van der Waals surface area contributed by atoms with Gasteiger partial charge in [-0.2, -0.15) is 0 Å². The van der Waals surface area contributed by atoms with E-state index in [0.717, 1.165) is 29.3 Å². The molecule has 0 bridgehead atoms. The van der Waals surface area contributed by atoms with E-state index < -0.39 is 0 Å². The Morgan fingerprint density at radius 3 is 2.64 bits per heavy atom. The molecule has 1 atom stereocenters. The summed E-state index contributed by atoms with van der Waals surface area (Å²) in [6, 6.07) is 5.58. The summed E-state index contributed by atoms with van der Waals surface area (Å²) in [4.78, 5) is 17.7. The van der Waals surface area contributed by atoms with E-state index in [0.29, 0.717) is 17.4 Å². The molecule has 0 radical (unpaired) electrons. The molecule has 4 rings (SSSR count). The first-order valence-corrected chi connectivity index (χ1v) is 10.9. The van der Waals surface area contributed by atoms with Crippen LogP contribution in [0.5, 0.6) is 11.5 Å². The van der Waals surface area contributed by atoms with Gasteiger partial charge in [-0.1, -0.05) is 49.9 Å². The van der Waals surface area contributed by atoms with E-state index in [1.54, 1.807) is 17.8 Å². The summed E-state index contributed by atoms with van der Waals surface area (Å²) in [7, 11) is 1.53. The number of methoxy groups -OCH3 is 1. The van der Waals surface area contributed by atoms with Crippen molar-refractivity contribution in [3.63, 3.8) is 0 Å².